The molecule has 1 saturated heterocycles. The van der Waals surface area contributed by atoms with Crippen molar-refractivity contribution in [2.45, 2.75) is 19.9 Å². The Bertz CT molecular complexity index is 698. The molecule has 0 saturated carbocycles. The van der Waals surface area contributed by atoms with Crippen LogP contribution in [-0.4, -0.2) is 52.4 Å². The van der Waals surface area contributed by atoms with Crippen LogP contribution >= 0.6 is 0 Å². The third-order valence-corrected chi connectivity index (χ3v) is 4.36. The molecule has 1 aliphatic heterocycles. The molecule has 3 heterocycles. The summed E-state index contributed by atoms with van der Waals surface area (Å²) in [7, 11) is 1.77. The zero-order valence-corrected chi connectivity index (χ0v) is 14.2. The highest BCUT2D eigenvalue weighted by Gasteiger charge is 2.23. The Labute approximate surface area is 141 Å². The Kier molecular flexibility index (Phi) is 5.10. The van der Waals surface area contributed by atoms with E-state index in [1.807, 2.05) is 13.1 Å². The second kappa shape index (κ2) is 7.44. The van der Waals surface area contributed by atoms with Crippen molar-refractivity contribution in [3.05, 3.63) is 41.6 Å². The van der Waals surface area contributed by atoms with Gasteiger partial charge in [0.1, 0.15) is 11.6 Å². The lowest BCUT2D eigenvalue weighted by atomic mass is 10.1. The first-order chi connectivity index (χ1) is 11.7. The number of hydrogen-bond acceptors (Lipinski definition) is 5. The summed E-state index contributed by atoms with van der Waals surface area (Å²) in [6.45, 7) is 5.58. The standard InChI is InChI=1S/C17H24N6O/c1-12-20-9-14(22-12)11-23-7-5-13(10-23)8-21-17(24)15-4-3-6-19-16(15)18-2/h3-4,6,9,13H,5,7-8,10-11H2,1-2H3,(H,18,19)(H,20,22)(H,21,24). The van der Waals surface area contributed by atoms with E-state index < -0.39 is 0 Å². The van der Waals surface area contributed by atoms with Gasteiger partial charge in [0.15, 0.2) is 0 Å². The van der Waals surface area contributed by atoms with E-state index >= 15 is 0 Å². The quantitative estimate of drug-likeness (QED) is 0.746. The highest BCUT2D eigenvalue weighted by atomic mass is 16.1. The largest absolute Gasteiger partial charge is 0.372 e. The molecule has 0 spiro atoms. The number of aromatic amines is 1. The van der Waals surface area contributed by atoms with Crippen LogP contribution in [-0.2, 0) is 6.54 Å². The molecule has 24 heavy (non-hydrogen) atoms. The monoisotopic (exact) mass is 328 g/mol. The van der Waals surface area contributed by atoms with Crippen molar-refractivity contribution in [2.75, 3.05) is 32.0 Å². The predicted octanol–water partition coefficient (Wildman–Crippen LogP) is 1.41. The molecule has 2 aromatic heterocycles. The number of imidazole rings is 1. The Morgan fingerprint density at radius 3 is 3.08 bits per heavy atom. The fourth-order valence-electron chi connectivity index (χ4n) is 3.14. The molecule has 3 rings (SSSR count). The lowest BCUT2D eigenvalue weighted by molar-refractivity contribution is 0.0948. The van der Waals surface area contributed by atoms with Crippen LogP contribution in [0.1, 0.15) is 28.3 Å². The van der Waals surface area contributed by atoms with Crippen LogP contribution < -0.4 is 10.6 Å². The van der Waals surface area contributed by atoms with Gasteiger partial charge in [0.2, 0.25) is 0 Å². The van der Waals surface area contributed by atoms with Crippen molar-refractivity contribution < 1.29 is 4.79 Å². The number of pyridine rings is 1. The molecule has 3 N–H and O–H groups in total. The summed E-state index contributed by atoms with van der Waals surface area (Å²) >= 11 is 0. The minimum absolute atomic E-state index is 0.0740. The molecule has 1 atom stereocenters. The molecule has 0 bridgehead atoms. The Hall–Kier alpha value is -2.41. The molecule has 0 radical (unpaired) electrons. The number of nitrogens with one attached hydrogen (secondary N) is 3. The molecular weight excluding hydrogens is 304 g/mol. The van der Waals surface area contributed by atoms with Gasteiger partial charge in [0.05, 0.1) is 5.56 Å². The number of carbonyl (C=O) groups excluding carboxylic acids is 1. The smallest absolute Gasteiger partial charge is 0.255 e. The van der Waals surface area contributed by atoms with Crippen LogP contribution in [0.3, 0.4) is 0 Å². The number of anilines is 1. The lowest BCUT2D eigenvalue weighted by Crippen LogP contribution is -2.31. The first-order valence-corrected chi connectivity index (χ1v) is 8.29. The number of likely N-dealkylation sites (tertiary alicyclic amines) is 1. The molecule has 7 nitrogen and oxygen atoms in total. The minimum atomic E-state index is -0.0740. The minimum Gasteiger partial charge on any atom is -0.372 e. The second-order valence-electron chi connectivity index (χ2n) is 6.24. The highest BCUT2D eigenvalue weighted by molar-refractivity contribution is 5.98. The lowest BCUT2D eigenvalue weighted by Gasteiger charge is -2.15. The van der Waals surface area contributed by atoms with Crippen molar-refractivity contribution in [3.8, 4) is 0 Å². The van der Waals surface area contributed by atoms with Crippen molar-refractivity contribution in [1.82, 2.24) is 25.2 Å². The molecule has 128 valence electrons. The van der Waals surface area contributed by atoms with Gasteiger partial charge in [0.25, 0.3) is 5.91 Å². The molecular formula is C17H24N6O. The maximum atomic E-state index is 12.3. The maximum absolute atomic E-state index is 12.3. The topological polar surface area (TPSA) is 85.9 Å². The molecule has 0 aromatic carbocycles. The van der Waals surface area contributed by atoms with E-state index in [4.69, 9.17) is 0 Å². The van der Waals surface area contributed by atoms with Crippen LogP contribution in [0, 0.1) is 12.8 Å². The summed E-state index contributed by atoms with van der Waals surface area (Å²) in [6, 6.07) is 3.56. The number of hydrogen-bond donors (Lipinski definition) is 3. The number of nitrogens with zero attached hydrogens (tertiary/aromatic N) is 3. The Morgan fingerprint density at radius 1 is 1.46 bits per heavy atom. The van der Waals surface area contributed by atoms with Gasteiger partial charge < -0.3 is 15.6 Å². The van der Waals surface area contributed by atoms with Gasteiger partial charge in [-0.3, -0.25) is 9.69 Å². The van der Waals surface area contributed by atoms with Gasteiger partial charge >= 0.3 is 0 Å². The van der Waals surface area contributed by atoms with E-state index in [9.17, 15) is 4.79 Å². The molecule has 1 unspecified atom stereocenters. The zero-order chi connectivity index (χ0) is 16.9. The summed E-state index contributed by atoms with van der Waals surface area (Å²) in [6.07, 6.45) is 4.67. The van der Waals surface area contributed by atoms with Crippen molar-refractivity contribution in [3.63, 3.8) is 0 Å². The van der Waals surface area contributed by atoms with Gasteiger partial charge in [-0.25, -0.2) is 9.97 Å². The summed E-state index contributed by atoms with van der Waals surface area (Å²) in [5.41, 5.74) is 1.73. The predicted molar refractivity (Wildman–Crippen MR) is 92.8 cm³/mol. The van der Waals surface area contributed by atoms with Crippen LogP contribution in [0.2, 0.25) is 0 Å². The first kappa shape index (κ1) is 16.4. The number of amides is 1. The fourth-order valence-corrected chi connectivity index (χ4v) is 3.14. The fraction of sp³-hybridized carbons (Fsp3) is 0.471. The molecule has 7 heteroatoms. The van der Waals surface area contributed by atoms with E-state index in [1.165, 1.54) is 0 Å². The highest BCUT2D eigenvalue weighted by Crippen LogP contribution is 2.18. The first-order valence-electron chi connectivity index (χ1n) is 8.29. The number of H-pyrrole nitrogens is 1. The molecule has 2 aromatic rings. The summed E-state index contributed by atoms with van der Waals surface area (Å²) in [4.78, 5) is 26.4. The van der Waals surface area contributed by atoms with Crippen LogP contribution in [0.5, 0.6) is 0 Å². The zero-order valence-electron chi connectivity index (χ0n) is 14.2. The Morgan fingerprint density at radius 2 is 2.33 bits per heavy atom. The number of aromatic nitrogens is 3. The van der Waals surface area contributed by atoms with E-state index in [0.717, 1.165) is 37.6 Å². The second-order valence-corrected chi connectivity index (χ2v) is 6.24. The average Bonchev–Trinajstić information content (AvgIpc) is 3.21. The van der Waals surface area contributed by atoms with E-state index in [2.05, 4.69) is 30.5 Å². The van der Waals surface area contributed by atoms with Crippen LogP contribution in [0.25, 0.3) is 0 Å². The SMILES string of the molecule is CNc1ncccc1C(=O)NCC1CCN(Cc2cnc(C)[nH]2)C1. The summed E-state index contributed by atoms with van der Waals surface area (Å²) in [5, 5.41) is 5.99. The van der Waals surface area contributed by atoms with Gasteiger partial charge in [-0.15, -0.1) is 0 Å². The normalized spacial score (nSPS) is 17.8. The van der Waals surface area contributed by atoms with Crippen molar-refractivity contribution in [1.29, 1.82) is 0 Å². The number of rotatable bonds is 6. The third-order valence-electron chi connectivity index (χ3n) is 4.36. The van der Waals surface area contributed by atoms with E-state index in [0.29, 0.717) is 23.8 Å². The molecule has 1 fully saturated rings. The van der Waals surface area contributed by atoms with Gasteiger partial charge in [-0.2, -0.15) is 0 Å². The number of aryl methyl sites for hydroxylation is 1. The van der Waals surface area contributed by atoms with E-state index in [1.54, 1.807) is 25.4 Å². The molecule has 1 amide bonds. The van der Waals surface area contributed by atoms with Gasteiger partial charge in [0, 0.05) is 44.8 Å². The number of carbonyl (C=O) groups is 1. The van der Waals surface area contributed by atoms with Crippen molar-refractivity contribution in [2.24, 2.45) is 5.92 Å². The molecule has 0 aliphatic carbocycles. The molecule has 1 aliphatic rings. The summed E-state index contributed by atoms with van der Waals surface area (Å²) < 4.78 is 0. The van der Waals surface area contributed by atoms with Crippen molar-refractivity contribution >= 4 is 11.7 Å². The average molecular weight is 328 g/mol. The van der Waals surface area contributed by atoms with Crippen LogP contribution in [0.15, 0.2) is 24.5 Å². The van der Waals surface area contributed by atoms with Gasteiger partial charge in [-0.1, -0.05) is 0 Å². The van der Waals surface area contributed by atoms with Gasteiger partial charge in [-0.05, 0) is 37.9 Å². The van der Waals surface area contributed by atoms with E-state index in [-0.39, 0.29) is 5.91 Å². The van der Waals surface area contributed by atoms with Crippen LogP contribution in [0.4, 0.5) is 5.82 Å². The summed E-state index contributed by atoms with van der Waals surface area (Å²) in [5.74, 6) is 1.96. The Balaban J connectivity index is 1.48. The maximum Gasteiger partial charge on any atom is 0.255 e. The third kappa shape index (κ3) is 3.91.